The van der Waals surface area contributed by atoms with Crippen molar-refractivity contribution in [1.82, 2.24) is 15.0 Å². The second kappa shape index (κ2) is 7.04. The molecule has 2 aromatic carbocycles. The van der Waals surface area contributed by atoms with E-state index < -0.39 is 0 Å². The summed E-state index contributed by atoms with van der Waals surface area (Å²) in [5.74, 6) is 7.38. The van der Waals surface area contributed by atoms with Crippen molar-refractivity contribution in [3.63, 3.8) is 0 Å². The van der Waals surface area contributed by atoms with Crippen LogP contribution in [0.3, 0.4) is 0 Å². The summed E-state index contributed by atoms with van der Waals surface area (Å²) in [6.07, 6.45) is 1.80. The van der Waals surface area contributed by atoms with Gasteiger partial charge in [-0.2, -0.15) is 0 Å². The first-order chi connectivity index (χ1) is 12.8. The van der Waals surface area contributed by atoms with Crippen molar-refractivity contribution in [2.24, 2.45) is 0 Å². The fourth-order valence-electron chi connectivity index (χ4n) is 2.57. The average Bonchev–Trinajstić information content (AvgIpc) is 2.72. The highest BCUT2D eigenvalue weighted by Gasteiger charge is 2.09. The molecule has 0 amide bonds. The van der Waals surface area contributed by atoms with Gasteiger partial charge in [0, 0.05) is 17.1 Å². The molecule has 4 heteroatoms. The Morgan fingerprint density at radius 1 is 0.808 bits per heavy atom. The van der Waals surface area contributed by atoms with Gasteiger partial charge >= 0.3 is 0 Å². The lowest BCUT2D eigenvalue weighted by molar-refractivity contribution is 0.411. The lowest BCUT2D eigenvalue weighted by Crippen LogP contribution is -1.97. The van der Waals surface area contributed by atoms with Gasteiger partial charge in [-0.25, -0.2) is 15.0 Å². The van der Waals surface area contributed by atoms with Gasteiger partial charge in [0.2, 0.25) is 0 Å². The first-order valence-corrected chi connectivity index (χ1v) is 8.18. The third-order valence-corrected chi connectivity index (χ3v) is 3.90. The van der Waals surface area contributed by atoms with E-state index in [1.165, 1.54) is 0 Å². The molecule has 0 aliphatic rings. The standard InChI is InChI=1S/C22H15N3O/c1-26-21-14-13-20(22-23-15-17-9-5-6-10-18(17)25-22)24-19(21)12-11-16-7-3-2-4-8-16/h2-10,13-15H,1H3. The summed E-state index contributed by atoms with van der Waals surface area (Å²) >= 11 is 0. The summed E-state index contributed by atoms with van der Waals surface area (Å²) in [6, 6.07) is 21.3. The maximum absolute atomic E-state index is 5.39. The van der Waals surface area contributed by atoms with E-state index in [-0.39, 0.29) is 0 Å². The lowest BCUT2D eigenvalue weighted by Gasteiger charge is -2.06. The summed E-state index contributed by atoms with van der Waals surface area (Å²) in [5.41, 5.74) is 3.02. The summed E-state index contributed by atoms with van der Waals surface area (Å²) in [7, 11) is 1.61. The fourth-order valence-corrected chi connectivity index (χ4v) is 2.57. The van der Waals surface area contributed by atoms with Gasteiger partial charge in [0.25, 0.3) is 0 Å². The molecule has 4 nitrogen and oxygen atoms in total. The second-order valence-electron chi connectivity index (χ2n) is 5.62. The molecule has 26 heavy (non-hydrogen) atoms. The molecular formula is C22H15N3O. The number of ether oxygens (including phenoxy) is 1. The number of pyridine rings is 1. The zero-order valence-corrected chi connectivity index (χ0v) is 14.2. The molecule has 4 rings (SSSR count). The molecule has 0 unspecified atom stereocenters. The minimum atomic E-state index is 0.561. The Hall–Kier alpha value is -3.71. The van der Waals surface area contributed by atoms with Crippen LogP contribution in [0, 0.1) is 11.8 Å². The number of benzene rings is 2. The maximum Gasteiger partial charge on any atom is 0.178 e. The molecule has 2 heterocycles. The van der Waals surface area contributed by atoms with E-state index in [2.05, 4.69) is 26.8 Å². The fraction of sp³-hybridized carbons (Fsp3) is 0.0455. The van der Waals surface area contributed by atoms with Crippen LogP contribution in [0.15, 0.2) is 72.9 Å². The van der Waals surface area contributed by atoms with Gasteiger partial charge in [0.05, 0.1) is 12.6 Å². The Kier molecular flexibility index (Phi) is 4.28. The van der Waals surface area contributed by atoms with Crippen LogP contribution in [0.2, 0.25) is 0 Å². The van der Waals surface area contributed by atoms with Crippen LogP contribution in [-0.4, -0.2) is 22.1 Å². The number of aromatic nitrogens is 3. The lowest BCUT2D eigenvalue weighted by atomic mass is 10.2. The van der Waals surface area contributed by atoms with Gasteiger partial charge < -0.3 is 4.74 Å². The molecular weight excluding hydrogens is 322 g/mol. The van der Waals surface area contributed by atoms with Crippen LogP contribution in [0.25, 0.3) is 22.4 Å². The molecule has 0 radical (unpaired) electrons. The van der Waals surface area contributed by atoms with E-state index in [0.29, 0.717) is 23.0 Å². The Morgan fingerprint density at radius 2 is 1.62 bits per heavy atom. The topological polar surface area (TPSA) is 47.9 Å². The smallest absolute Gasteiger partial charge is 0.178 e. The summed E-state index contributed by atoms with van der Waals surface area (Å²) < 4.78 is 5.39. The molecule has 0 aliphatic heterocycles. The maximum atomic E-state index is 5.39. The van der Waals surface area contributed by atoms with Crippen molar-refractivity contribution < 1.29 is 4.74 Å². The predicted octanol–water partition coefficient (Wildman–Crippen LogP) is 4.10. The van der Waals surface area contributed by atoms with Crippen LogP contribution in [0.1, 0.15) is 11.3 Å². The Balaban J connectivity index is 1.77. The first kappa shape index (κ1) is 15.8. The number of para-hydroxylation sites is 1. The summed E-state index contributed by atoms with van der Waals surface area (Å²) in [6.45, 7) is 0. The molecule has 0 saturated heterocycles. The number of hydrogen-bond donors (Lipinski definition) is 0. The van der Waals surface area contributed by atoms with Crippen LogP contribution < -0.4 is 4.74 Å². The van der Waals surface area contributed by atoms with Crippen LogP contribution in [-0.2, 0) is 0 Å². The number of methoxy groups -OCH3 is 1. The van der Waals surface area contributed by atoms with Crippen molar-refractivity contribution in [2.75, 3.05) is 7.11 Å². The highest BCUT2D eigenvalue weighted by molar-refractivity contribution is 5.79. The molecule has 0 saturated carbocycles. The largest absolute Gasteiger partial charge is 0.494 e. The van der Waals surface area contributed by atoms with E-state index in [1.54, 1.807) is 13.3 Å². The Labute approximate surface area is 151 Å². The summed E-state index contributed by atoms with van der Waals surface area (Å²) in [5, 5.41) is 0.994. The molecule has 4 aromatic rings. The predicted molar refractivity (Wildman–Crippen MR) is 102 cm³/mol. The number of rotatable bonds is 2. The van der Waals surface area contributed by atoms with Crippen LogP contribution >= 0.6 is 0 Å². The minimum Gasteiger partial charge on any atom is -0.494 e. The Bertz CT molecular complexity index is 1130. The monoisotopic (exact) mass is 337 g/mol. The number of nitrogens with zero attached hydrogens (tertiary/aromatic N) is 3. The second-order valence-corrected chi connectivity index (χ2v) is 5.62. The molecule has 0 N–H and O–H groups in total. The molecule has 0 bridgehead atoms. The van der Waals surface area contributed by atoms with E-state index in [0.717, 1.165) is 16.5 Å². The van der Waals surface area contributed by atoms with Crippen molar-refractivity contribution in [1.29, 1.82) is 0 Å². The average molecular weight is 337 g/mol. The molecule has 0 aliphatic carbocycles. The van der Waals surface area contributed by atoms with E-state index in [1.807, 2.05) is 66.7 Å². The quantitative estimate of drug-likeness (QED) is 0.517. The van der Waals surface area contributed by atoms with Crippen LogP contribution in [0.5, 0.6) is 5.75 Å². The number of hydrogen-bond acceptors (Lipinski definition) is 4. The Morgan fingerprint density at radius 3 is 2.46 bits per heavy atom. The van der Waals surface area contributed by atoms with Gasteiger partial charge in [-0.05, 0) is 36.3 Å². The highest BCUT2D eigenvalue weighted by Crippen LogP contribution is 2.22. The van der Waals surface area contributed by atoms with E-state index in [4.69, 9.17) is 4.74 Å². The highest BCUT2D eigenvalue weighted by atomic mass is 16.5. The van der Waals surface area contributed by atoms with Gasteiger partial charge in [-0.15, -0.1) is 0 Å². The van der Waals surface area contributed by atoms with E-state index in [9.17, 15) is 0 Å². The van der Waals surface area contributed by atoms with Crippen molar-refractivity contribution in [2.45, 2.75) is 0 Å². The van der Waals surface area contributed by atoms with Gasteiger partial charge in [0.1, 0.15) is 5.69 Å². The van der Waals surface area contributed by atoms with Gasteiger partial charge in [-0.1, -0.05) is 42.3 Å². The zero-order valence-electron chi connectivity index (χ0n) is 14.2. The summed E-state index contributed by atoms with van der Waals surface area (Å²) in [4.78, 5) is 13.6. The number of fused-ring (bicyclic) bond motifs is 1. The normalized spacial score (nSPS) is 10.2. The van der Waals surface area contributed by atoms with Crippen molar-refractivity contribution in [3.8, 4) is 29.1 Å². The molecule has 0 fully saturated rings. The van der Waals surface area contributed by atoms with E-state index >= 15 is 0 Å². The third kappa shape index (κ3) is 3.24. The third-order valence-electron chi connectivity index (χ3n) is 3.90. The molecule has 0 atom stereocenters. The van der Waals surface area contributed by atoms with Crippen molar-refractivity contribution in [3.05, 3.63) is 84.2 Å². The minimum absolute atomic E-state index is 0.561. The van der Waals surface area contributed by atoms with Gasteiger partial charge in [-0.3, -0.25) is 0 Å². The molecule has 124 valence electrons. The molecule has 0 spiro atoms. The zero-order chi connectivity index (χ0) is 17.8. The first-order valence-electron chi connectivity index (χ1n) is 8.18. The SMILES string of the molecule is COc1ccc(-c2ncc3ccccc3n2)nc1C#Cc1ccccc1. The van der Waals surface area contributed by atoms with Gasteiger partial charge in [0.15, 0.2) is 17.3 Å². The molecule has 2 aromatic heterocycles. The van der Waals surface area contributed by atoms with Crippen LogP contribution in [0.4, 0.5) is 0 Å². The van der Waals surface area contributed by atoms with Crippen molar-refractivity contribution >= 4 is 10.9 Å².